The van der Waals surface area contributed by atoms with Crippen molar-refractivity contribution in [3.05, 3.63) is 35.4 Å². The Morgan fingerprint density at radius 2 is 1.14 bits per heavy atom. The van der Waals surface area contributed by atoms with Crippen LogP contribution in [0.15, 0.2) is 24.3 Å². The minimum absolute atomic E-state index is 0.970. The number of rotatable bonds is 6. The first-order valence-electron chi connectivity index (χ1n) is 5.36. The average Bonchev–Trinajstić information content (AvgIpc) is 2.25. The topological polar surface area (TPSA) is 24.1 Å². The van der Waals surface area contributed by atoms with Crippen LogP contribution in [0.2, 0.25) is 0 Å². The van der Waals surface area contributed by atoms with E-state index in [1.807, 2.05) is 0 Å². The lowest BCUT2D eigenvalue weighted by Gasteiger charge is -2.05. The van der Waals surface area contributed by atoms with Crippen LogP contribution >= 0.6 is 0 Å². The third kappa shape index (κ3) is 3.90. The van der Waals surface area contributed by atoms with Gasteiger partial charge in [-0.15, -0.1) is 0 Å². The van der Waals surface area contributed by atoms with Crippen LogP contribution in [0.5, 0.6) is 0 Å². The molecule has 1 rings (SSSR count). The first-order valence-corrected chi connectivity index (χ1v) is 5.36. The lowest BCUT2D eigenvalue weighted by molar-refractivity contribution is 0.718. The van der Waals surface area contributed by atoms with Crippen molar-refractivity contribution in [1.82, 2.24) is 10.6 Å². The van der Waals surface area contributed by atoms with Gasteiger partial charge in [-0.2, -0.15) is 0 Å². The van der Waals surface area contributed by atoms with Crippen LogP contribution in [0.3, 0.4) is 0 Å². The average molecular weight is 192 g/mol. The number of hydrogen-bond donors (Lipinski definition) is 2. The number of hydrogen-bond acceptors (Lipinski definition) is 2. The van der Waals surface area contributed by atoms with Gasteiger partial charge in [-0.3, -0.25) is 0 Å². The number of nitrogens with one attached hydrogen (secondary N) is 2. The van der Waals surface area contributed by atoms with Crippen LogP contribution < -0.4 is 10.6 Å². The molecule has 2 heteroatoms. The second kappa shape index (κ2) is 6.57. The standard InChI is InChI=1S/C12H20N2/c1-3-13-9-11-5-7-12(8-6-11)10-14-4-2/h5-8,13-14H,3-4,9-10H2,1-2H3. The highest BCUT2D eigenvalue weighted by molar-refractivity contribution is 5.22. The minimum atomic E-state index is 0.970. The summed E-state index contributed by atoms with van der Waals surface area (Å²) in [6.45, 7) is 8.24. The Hall–Kier alpha value is -0.860. The summed E-state index contributed by atoms with van der Waals surface area (Å²) in [6.07, 6.45) is 0. The first-order chi connectivity index (χ1) is 6.86. The molecule has 0 fully saturated rings. The van der Waals surface area contributed by atoms with E-state index in [0.29, 0.717) is 0 Å². The smallest absolute Gasteiger partial charge is 0.0205 e. The molecule has 0 amide bonds. The van der Waals surface area contributed by atoms with E-state index in [4.69, 9.17) is 0 Å². The second-order valence-corrected chi connectivity index (χ2v) is 3.38. The maximum absolute atomic E-state index is 3.31. The first kappa shape index (κ1) is 11.2. The fraction of sp³-hybridized carbons (Fsp3) is 0.500. The highest BCUT2D eigenvalue weighted by atomic mass is 14.8. The largest absolute Gasteiger partial charge is 0.313 e. The molecule has 0 bridgehead atoms. The van der Waals surface area contributed by atoms with Gasteiger partial charge < -0.3 is 10.6 Å². The Kier molecular flexibility index (Phi) is 5.27. The molecule has 0 saturated carbocycles. The number of benzene rings is 1. The zero-order valence-corrected chi connectivity index (χ0v) is 9.14. The van der Waals surface area contributed by atoms with Crippen LogP contribution in [0.4, 0.5) is 0 Å². The Morgan fingerprint density at radius 1 is 0.786 bits per heavy atom. The van der Waals surface area contributed by atoms with E-state index >= 15 is 0 Å². The van der Waals surface area contributed by atoms with E-state index in [1.54, 1.807) is 0 Å². The van der Waals surface area contributed by atoms with Crippen molar-refractivity contribution < 1.29 is 0 Å². The molecule has 0 atom stereocenters. The van der Waals surface area contributed by atoms with Crippen molar-refractivity contribution in [2.75, 3.05) is 13.1 Å². The predicted octanol–water partition coefficient (Wildman–Crippen LogP) is 1.91. The molecule has 2 N–H and O–H groups in total. The Labute approximate surface area is 86.7 Å². The third-order valence-corrected chi connectivity index (χ3v) is 2.18. The van der Waals surface area contributed by atoms with Gasteiger partial charge in [0.1, 0.15) is 0 Å². The third-order valence-electron chi connectivity index (χ3n) is 2.18. The van der Waals surface area contributed by atoms with Gasteiger partial charge in [0.2, 0.25) is 0 Å². The Balaban J connectivity index is 2.42. The SMILES string of the molecule is CCNCc1ccc(CNCC)cc1. The molecule has 0 aliphatic rings. The van der Waals surface area contributed by atoms with E-state index in [0.717, 1.165) is 26.2 Å². The molecule has 1 aromatic rings. The maximum atomic E-state index is 3.31. The van der Waals surface area contributed by atoms with Gasteiger partial charge in [-0.1, -0.05) is 38.1 Å². The van der Waals surface area contributed by atoms with Gasteiger partial charge >= 0.3 is 0 Å². The van der Waals surface area contributed by atoms with Crippen LogP contribution in [0.25, 0.3) is 0 Å². The molecule has 0 spiro atoms. The van der Waals surface area contributed by atoms with Crippen molar-refractivity contribution >= 4 is 0 Å². The predicted molar refractivity (Wildman–Crippen MR) is 61.2 cm³/mol. The molecule has 0 radical (unpaired) electrons. The summed E-state index contributed by atoms with van der Waals surface area (Å²) >= 11 is 0. The summed E-state index contributed by atoms with van der Waals surface area (Å²) < 4.78 is 0. The maximum Gasteiger partial charge on any atom is 0.0205 e. The monoisotopic (exact) mass is 192 g/mol. The lowest BCUT2D eigenvalue weighted by atomic mass is 10.1. The van der Waals surface area contributed by atoms with Gasteiger partial charge in [0, 0.05) is 13.1 Å². The van der Waals surface area contributed by atoms with Crippen LogP contribution in [-0.4, -0.2) is 13.1 Å². The summed E-state index contributed by atoms with van der Waals surface area (Å²) in [5.74, 6) is 0. The van der Waals surface area contributed by atoms with Crippen LogP contribution in [-0.2, 0) is 13.1 Å². The van der Waals surface area contributed by atoms with E-state index in [2.05, 4.69) is 48.7 Å². The molecule has 2 nitrogen and oxygen atoms in total. The van der Waals surface area contributed by atoms with Gasteiger partial charge in [-0.25, -0.2) is 0 Å². The molecule has 0 aliphatic carbocycles. The van der Waals surface area contributed by atoms with E-state index in [9.17, 15) is 0 Å². The molecule has 0 saturated heterocycles. The molecular weight excluding hydrogens is 172 g/mol. The summed E-state index contributed by atoms with van der Waals surface area (Å²) in [7, 11) is 0. The Bertz CT molecular complexity index is 214. The summed E-state index contributed by atoms with van der Waals surface area (Å²) in [4.78, 5) is 0. The molecule has 78 valence electrons. The molecule has 0 heterocycles. The quantitative estimate of drug-likeness (QED) is 0.719. The summed E-state index contributed by atoms with van der Waals surface area (Å²) in [6, 6.07) is 8.76. The summed E-state index contributed by atoms with van der Waals surface area (Å²) in [5, 5.41) is 6.62. The van der Waals surface area contributed by atoms with Crippen molar-refractivity contribution in [2.45, 2.75) is 26.9 Å². The van der Waals surface area contributed by atoms with Crippen LogP contribution in [0, 0.1) is 0 Å². The second-order valence-electron chi connectivity index (χ2n) is 3.38. The summed E-state index contributed by atoms with van der Waals surface area (Å²) in [5.41, 5.74) is 2.71. The van der Waals surface area contributed by atoms with Gasteiger partial charge in [0.25, 0.3) is 0 Å². The van der Waals surface area contributed by atoms with Crippen LogP contribution in [0.1, 0.15) is 25.0 Å². The highest BCUT2D eigenvalue weighted by Gasteiger charge is 1.93. The van der Waals surface area contributed by atoms with E-state index in [1.165, 1.54) is 11.1 Å². The minimum Gasteiger partial charge on any atom is -0.313 e. The van der Waals surface area contributed by atoms with Crippen molar-refractivity contribution in [1.29, 1.82) is 0 Å². The Morgan fingerprint density at radius 3 is 1.43 bits per heavy atom. The molecule has 1 aromatic carbocycles. The fourth-order valence-electron chi connectivity index (χ4n) is 1.31. The molecular formula is C12H20N2. The van der Waals surface area contributed by atoms with Gasteiger partial charge in [0.05, 0.1) is 0 Å². The zero-order chi connectivity index (χ0) is 10.2. The molecule has 0 aliphatic heterocycles. The van der Waals surface area contributed by atoms with Crippen molar-refractivity contribution in [3.63, 3.8) is 0 Å². The van der Waals surface area contributed by atoms with Gasteiger partial charge in [0.15, 0.2) is 0 Å². The van der Waals surface area contributed by atoms with Crippen molar-refractivity contribution in [3.8, 4) is 0 Å². The highest BCUT2D eigenvalue weighted by Crippen LogP contribution is 2.03. The lowest BCUT2D eigenvalue weighted by Crippen LogP contribution is -2.13. The fourth-order valence-corrected chi connectivity index (χ4v) is 1.31. The zero-order valence-electron chi connectivity index (χ0n) is 9.14. The molecule has 14 heavy (non-hydrogen) atoms. The normalized spacial score (nSPS) is 10.4. The van der Waals surface area contributed by atoms with E-state index < -0.39 is 0 Å². The van der Waals surface area contributed by atoms with Gasteiger partial charge in [-0.05, 0) is 24.2 Å². The molecule has 0 unspecified atom stereocenters. The van der Waals surface area contributed by atoms with Crippen molar-refractivity contribution in [2.24, 2.45) is 0 Å². The molecule has 0 aromatic heterocycles. The van der Waals surface area contributed by atoms with E-state index in [-0.39, 0.29) is 0 Å².